The summed E-state index contributed by atoms with van der Waals surface area (Å²) < 4.78 is 33.4. The smallest absolute Gasteiger partial charge is 0.353 e. The largest absolute Gasteiger partial charge is 0.477 e. The topological polar surface area (TPSA) is 180 Å². The summed E-state index contributed by atoms with van der Waals surface area (Å²) in [4.78, 5) is 38.2. The molecule has 1 aliphatic heterocycles. The van der Waals surface area contributed by atoms with Gasteiger partial charge in [0, 0.05) is 12.3 Å². The van der Waals surface area contributed by atoms with Gasteiger partial charge in [-0.05, 0) is 6.07 Å². The van der Waals surface area contributed by atoms with Gasteiger partial charge in [0.2, 0.25) is 6.23 Å². The molecule has 3 atom stereocenters. The number of aliphatic hydroxyl groups excluding tert-OH is 2. The van der Waals surface area contributed by atoms with E-state index in [9.17, 15) is 28.3 Å². The molecule has 1 aliphatic rings. The first-order chi connectivity index (χ1) is 13.1. The van der Waals surface area contributed by atoms with Crippen molar-refractivity contribution in [2.24, 2.45) is 0 Å². The van der Waals surface area contributed by atoms with Gasteiger partial charge in [-0.3, -0.25) is 14.5 Å². The zero-order valence-corrected chi connectivity index (χ0v) is 13.7. The first-order valence-corrected chi connectivity index (χ1v) is 7.66. The Morgan fingerprint density at radius 2 is 2.14 bits per heavy atom. The quantitative estimate of drug-likeness (QED) is 0.411. The van der Waals surface area contributed by atoms with Crippen LogP contribution < -0.4 is 11.0 Å². The number of hydrogen-bond acceptors (Lipinski definition) is 8. The van der Waals surface area contributed by atoms with Crippen molar-refractivity contribution in [3.63, 3.8) is 0 Å². The Labute approximate surface area is 153 Å². The highest BCUT2D eigenvalue weighted by Crippen LogP contribution is 2.41. The number of aromatic amines is 1. The van der Waals surface area contributed by atoms with E-state index in [-0.39, 0.29) is 17.2 Å². The number of H-pyrrole nitrogens is 1. The average Bonchev–Trinajstić information content (AvgIpc) is 3.21. The minimum absolute atomic E-state index is 0.303. The Bertz CT molecular complexity index is 975. The lowest BCUT2D eigenvalue weighted by Gasteiger charge is -2.21. The van der Waals surface area contributed by atoms with E-state index in [0.717, 1.165) is 18.3 Å². The van der Waals surface area contributed by atoms with E-state index >= 15 is 0 Å². The number of halogens is 2. The zero-order valence-electron chi connectivity index (χ0n) is 13.7. The predicted octanol–water partition coefficient (Wildman–Crippen LogP) is -1.20. The van der Waals surface area contributed by atoms with E-state index < -0.39 is 48.5 Å². The molecule has 12 nitrogen and oxygen atoms in total. The summed E-state index contributed by atoms with van der Waals surface area (Å²) in [6.07, 6.45) is -5.25. The number of alkyl halides is 2. The number of amides is 1. The van der Waals surface area contributed by atoms with Crippen molar-refractivity contribution in [1.82, 2.24) is 19.7 Å². The van der Waals surface area contributed by atoms with E-state index in [1.54, 1.807) is 0 Å². The van der Waals surface area contributed by atoms with Crippen LogP contribution in [-0.2, 0) is 4.74 Å². The molecule has 28 heavy (non-hydrogen) atoms. The van der Waals surface area contributed by atoms with Crippen LogP contribution in [0.15, 0.2) is 23.1 Å². The molecule has 1 amide bonds. The molecule has 2 aromatic heterocycles. The molecule has 3 heterocycles. The third kappa shape index (κ3) is 3.35. The number of aromatic nitrogens is 4. The summed E-state index contributed by atoms with van der Waals surface area (Å²) in [5.74, 6) is -6.42. The minimum atomic E-state index is -3.87. The van der Waals surface area contributed by atoms with Crippen LogP contribution in [0.2, 0.25) is 0 Å². The third-order valence-corrected chi connectivity index (χ3v) is 3.92. The number of aliphatic hydroxyl groups is 2. The lowest BCUT2D eigenvalue weighted by atomic mass is 10.1. The number of nitrogens with one attached hydrogen (secondary N) is 2. The van der Waals surface area contributed by atoms with Gasteiger partial charge in [0.15, 0.2) is 11.8 Å². The van der Waals surface area contributed by atoms with Gasteiger partial charge in [0.05, 0.1) is 6.61 Å². The molecular formula is C14H13F2N5O7. The van der Waals surface area contributed by atoms with Gasteiger partial charge < -0.3 is 25.4 Å². The monoisotopic (exact) mass is 401 g/mol. The molecule has 2 aromatic rings. The molecule has 0 spiro atoms. The molecule has 0 aliphatic carbocycles. The molecular weight excluding hydrogens is 388 g/mol. The lowest BCUT2D eigenvalue weighted by Crippen LogP contribution is -2.41. The van der Waals surface area contributed by atoms with Crippen molar-refractivity contribution in [2.75, 3.05) is 11.9 Å². The van der Waals surface area contributed by atoms with Crippen molar-refractivity contribution in [3.8, 4) is 0 Å². The zero-order chi connectivity index (χ0) is 20.6. The van der Waals surface area contributed by atoms with Crippen molar-refractivity contribution in [1.29, 1.82) is 0 Å². The molecule has 0 aromatic carbocycles. The molecule has 150 valence electrons. The highest BCUT2D eigenvalue weighted by atomic mass is 19.3. The molecule has 5 N–H and O–H groups in total. The number of carbonyl (C=O) groups excluding carboxylic acids is 1. The Hall–Kier alpha value is -3.23. The van der Waals surface area contributed by atoms with Crippen LogP contribution in [0.5, 0.6) is 0 Å². The van der Waals surface area contributed by atoms with Crippen molar-refractivity contribution >= 4 is 17.7 Å². The second-order valence-corrected chi connectivity index (χ2v) is 5.76. The number of carboxylic acid groups (broad SMARTS) is 1. The number of anilines is 1. The SMILES string of the molecule is O=C(Nc1ccn([C@@H]2O[C@H](CO)[C@@H](O)C2(F)F)c(=O)n1)c1cc(C(=O)O)[nH]n1. The van der Waals surface area contributed by atoms with Crippen LogP contribution in [-0.4, -0.2) is 71.7 Å². The van der Waals surface area contributed by atoms with Crippen LogP contribution in [0.4, 0.5) is 14.6 Å². The Kier molecular flexibility index (Phi) is 4.93. The lowest BCUT2D eigenvalue weighted by molar-refractivity contribution is -0.140. The fraction of sp³-hybridized carbons (Fsp3) is 0.357. The maximum absolute atomic E-state index is 14.1. The molecule has 3 rings (SSSR count). The fourth-order valence-electron chi connectivity index (χ4n) is 2.51. The first-order valence-electron chi connectivity index (χ1n) is 7.66. The molecule has 14 heteroatoms. The summed E-state index contributed by atoms with van der Waals surface area (Å²) in [6, 6.07) is 1.96. The van der Waals surface area contributed by atoms with E-state index in [1.165, 1.54) is 0 Å². The van der Waals surface area contributed by atoms with Crippen molar-refractivity contribution < 1.29 is 38.4 Å². The van der Waals surface area contributed by atoms with E-state index in [4.69, 9.17) is 14.9 Å². The van der Waals surface area contributed by atoms with E-state index in [1.807, 2.05) is 0 Å². The maximum atomic E-state index is 14.1. The van der Waals surface area contributed by atoms with Gasteiger partial charge in [0.1, 0.15) is 17.6 Å². The van der Waals surface area contributed by atoms with Gasteiger partial charge in [-0.2, -0.15) is 18.9 Å². The van der Waals surface area contributed by atoms with Gasteiger partial charge in [-0.1, -0.05) is 0 Å². The molecule has 0 bridgehead atoms. The number of ether oxygens (including phenoxy) is 1. The number of rotatable bonds is 5. The second-order valence-electron chi connectivity index (χ2n) is 5.76. The normalized spacial score (nSPS) is 23.5. The van der Waals surface area contributed by atoms with E-state index in [0.29, 0.717) is 4.57 Å². The van der Waals surface area contributed by atoms with Gasteiger partial charge >= 0.3 is 17.6 Å². The predicted molar refractivity (Wildman–Crippen MR) is 83.9 cm³/mol. The van der Waals surface area contributed by atoms with Crippen LogP contribution in [0.25, 0.3) is 0 Å². The summed E-state index contributed by atoms with van der Waals surface area (Å²) in [5, 5.41) is 35.0. The molecule has 0 saturated carbocycles. The Balaban J connectivity index is 1.80. The highest BCUT2D eigenvalue weighted by molar-refractivity contribution is 6.03. The summed E-state index contributed by atoms with van der Waals surface area (Å²) in [7, 11) is 0. The van der Waals surface area contributed by atoms with Crippen LogP contribution >= 0.6 is 0 Å². The number of aromatic carboxylic acids is 1. The Morgan fingerprint density at radius 1 is 1.43 bits per heavy atom. The van der Waals surface area contributed by atoms with Gasteiger partial charge in [0.25, 0.3) is 5.91 Å². The van der Waals surface area contributed by atoms with E-state index in [2.05, 4.69) is 20.5 Å². The number of nitrogens with zero attached hydrogens (tertiary/aromatic N) is 3. The summed E-state index contributed by atoms with van der Waals surface area (Å²) in [6.45, 7) is -0.883. The highest BCUT2D eigenvalue weighted by Gasteiger charge is 2.59. The first kappa shape index (κ1) is 19.5. The summed E-state index contributed by atoms with van der Waals surface area (Å²) in [5.41, 5.74) is -1.87. The number of hydrogen-bond donors (Lipinski definition) is 5. The molecule has 0 unspecified atom stereocenters. The van der Waals surface area contributed by atoms with Crippen LogP contribution in [0.3, 0.4) is 0 Å². The van der Waals surface area contributed by atoms with Gasteiger partial charge in [-0.15, -0.1) is 0 Å². The summed E-state index contributed by atoms with van der Waals surface area (Å²) >= 11 is 0. The van der Waals surface area contributed by atoms with Crippen LogP contribution in [0, 0.1) is 0 Å². The van der Waals surface area contributed by atoms with Gasteiger partial charge in [-0.25, -0.2) is 9.59 Å². The molecule has 0 radical (unpaired) electrons. The standard InChI is InChI=1S/C14H13F2N5O7/c15-14(16)9(23)7(4-22)28-12(14)21-2-1-8(18-13(21)27)17-10(24)5-3-6(11(25)26)20-19-5/h1-3,7,9,12,22-23H,4H2,(H,19,20)(H,25,26)(H,17,18,24,27)/t7-,9-,12-/m1/s1. The second kappa shape index (κ2) is 7.06. The third-order valence-electron chi connectivity index (χ3n) is 3.92. The number of carboxylic acids is 1. The average molecular weight is 401 g/mol. The Morgan fingerprint density at radius 3 is 2.68 bits per heavy atom. The van der Waals surface area contributed by atoms with Crippen molar-refractivity contribution in [3.05, 3.63) is 40.2 Å². The number of carbonyl (C=O) groups is 2. The van der Waals surface area contributed by atoms with Crippen LogP contribution in [0.1, 0.15) is 27.2 Å². The molecule has 1 saturated heterocycles. The molecule has 1 fully saturated rings. The minimum Gasteiger partial charge on any atom is -0.477 e. The van der Waals surface area contributed by atoms with Crippen molar-refractivity contribution in [2.45, 2.75) is 24.4 Å². The fourth-order valence-corrected chi connectivity index (χ4v) is 2.51. The maximum Gasteiger partial charge on any atom is 0.353 e.